The average molecular weight is 564 g/mol. The molecule has 0 bridgehead atoms. The van der Waals surface area contributed by atoms with Gasteiger partial charge in [-0.1, -0.05) is 30.3 Å². The van der Waals surface area contributed by atoms with Gasteiger partial charge in [-0.2, -0.15) is 0 Å². The predicted molar refractivity (Wildman–Crippen MR) is 149 cm³/mol. The molecule has 2 saturated heterocycles. The maximum absolute atomic E-state index is 13.7. The Morgan fingerprint density at radius 3 is 2.05 bits per heavy atom. The molecule has 2 aliphatic rings. The molecule has 3 N–H and O–H groups in total. The number of rotatable bonds is 6. The van der Waals surface area contributed by atoms with Crippen molar-refractivity contribution in [1.82, 2.24) is 35.1 Å². The number of likely N-dealkylation sites (tertiary alicyclic amines) is 2. The molecule has 4 heterocycles. The third-order valence-corrected chi connectivity index (χ3v) is 7.36. The van der Waals surface area contributed by atoms with E-state index in [9.17, 15) is 14.4 Å². The Morgan fingerprint density at radius 1 is 0.927 bits per heavy atom. The van der Waals surface area contributed by atoms with Crippen LogP contribution in [0.25, 0.3) is 11.4 Å². The van der Waals surface area contributed by atoms with Gasteiger partial charge in [0.1, 0.15) is 23.3 Å². The van der Waals surface area contributed by atoms with Crippen LogP contribution in [-0.2, 0) is 14.3 Å². The Labute approximate surface area is 238 Å². The molecule has 0 spiro atoms. The summed E-state index contributed by atoms with van der Waals surface area (Å²) in [5.74, 6) is 1.12. The van der Waals surface area contributed by atoms with Gasteiger partial charge < -0.3 is 29.7 Å². The molecule has 3 amide bonds. The molecule has 0 saturated carbocycles. The standard InChI is InChI=1S/C29H37N7O5/c1-29(2,3)41-28(39)36-15-9-13-22(36)25-31-17-20(33-25)19-16-30-24(32-19)21-12-8-14-35(21)26(37)23(34-27(38)40-4)18-10-6-5-7-11-18/h5-7,10-11,16-17,21-23H,8-9,12-15H2,1-4H3,(H,30,32)(H,31,33)(H,34,38)/t21-,22-,23+/m0/s1. The second kappa shape index (κ2) is 11.6. The number of amides is 3. The molecule has 0 radical (unpaired) electrons. The van der Waals surface area contributed by atoms with Crippen LogP contribution in [0.4, 0.5) is 9.59 Å². The van der Waals surface area contributed by atoms with E-state index in [0.717, 1.165) is 37.1 Å². The number of nitrogens with one attached hydrogen (secondary N) is 3. The highest BCUT2D eigenvalue weighted by atomic mass is 16.6. The number of nitrogens with zero attached hydrogens (tertiary/aromatic N) is 4. The number of alkyl carbamates (subject to hydrolysis) is 1. The van der Waals surface area contributed by atoms with Crippen LogP contribution in [0.5, 0.6) is 0 Å². The fraction of sp³-hybridized carbons (Fsp3) is 0.483. The molecule has 5 rings (SSSR count). The van der Waals surface area contributed by atoms with Crippen molar-refractivity contribution in [2.45, 2.75) is 70.2 Å². The third-order valence-electron chi connectivity index (χ3n) is 7.36. The van der Waals surface area contributed by atoms with Crippen LogP contribution in [0.1, 0.15) is 81.8 Å². The zero-order valence-corrected chi connectivity index (χ0v) is 23.8. The smallest absolute Gasteiger partial charge is 0.410 e. The van der Waals surface area contributed by atoms with Gasteiger partial charge in [-0.25, -0.2) is 19.6 Å². The molecule has 3 atom stereocenters. The highest BCUT2D eigenvalue weighted by Crippen LogP contribution is 2.35. The lowest BCUT2D eigenvalue weighted by atomic mass is 10.1. The minimum atomic E-state index is -0.881. The van der Waals surface area contributed by atoms with E-state index in [1.54, 1.807) is 34.3 Å². The Morgan fingerprint density at radius 2 is 1.49 bits per heavy atom. The zero-order valence-electron chi connectivity index (χ0n) is 23.8. The minimum Gasteiger partial charge on any atom is -0.453 e. The monoisotopic (exact) mass is 563 g/mol. The maximum Gasteiger partial charge on any atom is 0.410 e. The number of H-pyrrole nitrogens is 2. The average Bonchev–Trinajstić information content (AvgIpc) is 3.75. The zero-order chi connectivity index (χ0) is 29.1. The van der Waals surface area contributed by atoms with Crippen LogP contribution >= 0.6 is 0 Å². The van der Waals surface area contributed by atoms with Crippen molar-refractivity contribution >= 4 is 18.1 Å². The third kappa shape index (κ3) is 6.21. The van der Waals surface area contributed by atoms with Gasteiger partial charge in [0, 0.05) is 13.1 Å². The summed E-state index contributed by atoms with van der Waals surface area (Å²) in [5, 5.41) is 2.68. The number of methoxy groups -OCH3 is 1. The molecule has 12 nitrogen and oxygen atoms in total. The number of aromatic amines is 2. The first-order valence-corrected chi connectivity index (χ1v) is 13.9. The summed E-state index contributed by atoms with van der Waals surface area (Å²) in [5.41, 5.74) is 1.56. The molecular weight excluding hydrogens is 526 g/mol. The highest BCUT2D eigenvalue weighted by molar-refractivity contribution is 5.87. The summed E-state index contributed by atoms with van der Waals surface area (Å²) >= 11 is 0. The van der Waals surface area contributed by atoms with Gasteiger partial charge in [0.2, 0.25) is 0 Å². The van der Waals surface area contributed by atoms with Gasteiger partial charge in [-0.3, -0.25) is 9.69 Å². The Kier molecular flexibility index (Phi) is 8.00. The van der Waals surface area contributed by atoms with E-state index in [-0.39, 0.29) is 24.1 Å². The summed E-state index contributed by atoms with van der Waals surface area (Å²) in [6, 6.07) is 7.76. The number of carbonyl (C=O) groups excluding carboxylic acids is 3. The van der Waals surface area contributed by atoms with E-state index in [1.807, 2.05) is 39.0 Å². The van der Waals surface area contributed by atoms with Crippen molar-refractivity contribution in [3.05, 3.63) is 59.9 Å². The Hall–Kier alpha value is -4.35. The van der Waals surface area contributed by atoms with Gasteiger partial charge in [-0.15, -0.1) is 0 Å². The van der Waals surface area contributed by atoms with Gasteiger partial charge in [0.05, 0.1) is 43.0 Å². The largest absolute Gasteiger partial charge is 0.453 e. The normalized spacial score (nSPS) is 19.7. The van der Waals surface area contributed by atoms with Crippen LogP contribution in [0.2, 0.25) is 0 Å². The summed E-state index contributed by atoms with van der Waals surface area (Å²) in [7, 11) is 1.27. The lowest BCUT2D eigenvalue weighted by Crippen LogP contribution is -2.42. The molecule has 2 aromatic heterocycles. The van der Waals surface area contributed by atoms with Gasteiger partial charge in [0.15, 0.2) is 0 Å². The summed E-state index contributed by atoms with van der Waals surface area (Å²) in [6.45, 7) is 6.72. The van der Waals surface area contributed by atoms with Crippen LogP contribution in [0.15, 0.2) is 42.7 Å². The number of hydrogen-bond donors (Lipinski definition) is 3. The van der Waals surface area contributed by atoms with Crippen LogP contribution in [0, 0.1) is 0 Å². The van der Waals surface area contributed by atoms with Gasteiger partial charge >= 0.3 is 12.2 Å². The highest BCUT2D eigenvalue weighted by Gasteiger charge is 2.38. The van der Waals surface area contributed by atoms with E-state index < -0.39 is 17.7 Å². The fourth-order valence-corrected chi connectivity index (χ4v) is 5.47. The number of carbonyl (C=O) groups is 3. The molecule has 1 aromatic carbocycles. The van der Waals surface area contributed by atoms with Crippen LogP contribution < -0.4 is 5.32 Å². The van der Waals surface area contributed by atoms with Crippen molar-refractivity contribution in [3.8, 4) is 11.4 Å². The molecule has 41 heavy (non-hydrogen) atoms. The van der Waals surface area contributed by atoms with E-state index in [1.165, 1.54) is 7.11 Å². The number of ether oxygens (including phenoxy) is 2. The molecule has 12 heteroatoms. The molecule has 2 aliphatic heterocycles. The molecule has 218 valence electrons. The van der Waals surface area contributed by atoms with E-state index in [0.29, 0.717) is 30.3 Å². The number of benzene rings is 1. The Balaban J connectivity index is 1.32. The Bertz CT molecular complexity index is 1380. The number of aromatic nitrogens is 4. The summed E-state index contributed by atoms with van der Waals surface area (Å²) < 4.78 is 10.4. The molecule has 3 aromatic rings. The predicted octanol–water partition coefficient (Wildman–Crippen LogP) is 4.63. The first-order chi connectivity index (χ1) is 19.6. The molecule has 0 aliphatic carbocycles. The first-order valence-electron chi connectivity index (χ1n) is 13.9. The van der Waals surface area contributed by atoms with Crippen molar-refractivity contribution < 1.29 is 23.9 Å². The summed E-state index contributed by atoms with van der Waals surface area (Å²) in [6.07, 6.45) is 5.63. The second-order valence-corrected chi connectivity index (χ2v) is 11.4. The van der Waals surface area contributed by atoms with Gasteiger partial charge in [0.25, 0.3) is 5.91 Å². The lowest BCUT2D eigenvalue weighted by Gasteiger charge is -2.28. The van der Waals surface area contributed by atoms with E-state index in [4.69, 9.17) is 9.47 Å². The van der Waals surface area contributed by atoms with Crippen LogP contribution in [-0.4, -0.2) is 73.6 Å². The number of imidazole rings is 2. The van der Waals surface area contributed by atoms with Crippen LogP contribution in [0.3, 0.4) is 0 Å². The lowest BCUT2D eigenvalue weighted by molar-refractivity contribution is -0.134. The van der Waals surface area contributed by atoms with E-state index >= 15 is 0 Å². The van der Waals surface area contributed by atoms with Crippen molar-refractivity contribution in [1.29, 1.82) is 0 Å². The maximum atomic E-state index is 13.7. The summed E-state index contributed by atoms with van der Waals surface area (Å²) in [4.78, 5) is 58.0. The quantitative estimate of drug-likeness (QED) is 0.396. The topological polar surface area (TPSA) is 146 Å². The van der Waals surface area contributed by atoms with Crippen molar-refractivity contribution in [2.24, 2.45) is 0 Å². The van der Waals surface area contributed by atoms with E-state index in [2.05, 4.69) is 25.3 Å². The minimum absolute atomic E-state index is 0.193. The molecule has 0 unspecified atom stereocenters. The number of hydrogen-bond acceptors (Lipinski definition) is 7. The molecular formula is C29H37N7O5. The van der Waals surface area contributed by atoms with Gasteiger partial charge in [-0.05, 0) is 52.0 Å². The van der Waals surface area contributed by atoms with Crippen molar-refractivity contribution in [2.75, 3.05) is 20.2 Å². The SMILES string of the molecule is COC(=O)N[C@@H](C(=O)N1CCC[C@H]1c1ncc(-c2cnc([C@@H]3CCCN3C(=O)OC(C)(C)C)[nH]2)[nH]1)c1ccccc1. The fourth-order valence-electron chi connectivity index (χ4n) is 5.47. The second-order valence-electron chi connectivity index (χ2n) is 11.4. The van der Waals surface area contributed by atoms with Crippen molar-refractivity contribution in [3.63, 3.8) is 0 Å². The first kappa shape index (κ1) is 28.2. The molecule has 2 fully saturated rings.